The van der Waals surface area contributed by atoms with Crippen LogP contribution in [0.2, 0.25) is 0 Å². The number of ether oxygens (including phenoxy) is 1. The fourth-order valence-corrected chi connectivity index (χ4v) is 0.665. The molecule has 4 N–H and O–H groups in total. The van der Waals surface area contributed by atoms with Crippen LogP contribution in [0.4, 0.5) is 16.3 Å². The normalized spacial score (nSPS) is 9.42. The molecular formula is C6H10N4O2. The van der Waals surface area contributed by atoms with E-state index in [1.165, 1.54) is 6.20 Å². The van der Waals surface area contributed by atoms with Crippen LogP contribution < -0.4 is 11.1 Å². The third kappa shape index (κ3) is 1.88. The molecule has 0 bridgehead atoms. The largest absolute Gasteiger partial charge is 0.450 e. The Labute approximate surface area is 69.1 Å². The summed E-state index contributed by atoms with van der Waals surface area (Å²) >= 11 is 0. The van der Waals surface area contributed by atoms with Gasteiger partial charge in [0.1, 0.15) is 0 Å². The average molecular weight is 170 g/mol. The predicted molar refractivity (Wildman–Crippen MR) is 43.6 cm³/mol. The van der Waals surface area contributed by atoms with E-state index in [1.54, 1.807) is 6.92 Å². The SMILES string of the molecule is CCOC(=O)Nc1[nH]ncc1N. The van der Waals surface area contributed by atoms with Gasteiger partial charge in [-0.3, -0.25) is 10.4 Å². The summed E-state index contributed by atoms with van der Waals surface area (Å²) in [5.74, 6) is 0.355. The van der Waals surface area contributed by atoms with Crippen LogP contribution in [0.5, 0.6) is 0 Å². The van der Waals surface area contributed by atoms with Crippen LogP contribution >= 0.6 is 0 Å². The number of nitrogens with one attached hydrogen (secondary N) is 2. The third-order valence-corrected chi connectivity index (χ3v) is 1.17. The zero-order chi connectivity index (χ0) is 8.97. The number of nitrogens with zero attached hydrogens (tertiary/aromatic N) is 1. The highest BCUT2D eigenvalue weighted by atomic mass is 16.5. The van der Waals surface area contributed by atoms with Crippen LogP contribution in [0, 0.1) is 0 Å². The van der Waals surface area contributed by atoms with E-state index >= 15 is 0 Å². The summed E-state index contributed by atoms with van der Waals surface area (Å²) in [7, 11) is 0. The molecule has 12 heavy (non-hydrogen) atoms. The molecule has 0 saturated heterocycles. The number of aromatic nitrogens is 2. The molecule has 0 fully saturated rings. The van der Waals surface area contributed by atoms with E-state index in [-0.39, 0.29) is 0 Å². The first-order valence-corrected chi connectivity index (χ1v) is 3.46. The lowest BCUT2D eigenvalue weighted by molar-refractivity contribution is 0.168. The third-order valence-electron chi connectivity index (χ3n) is 1.17. The molecule has 1 aromatic rings. The van der Waals surface area contributed by atoms with Crippen molar-refractivity contribution in [2.45, 2.75) is 6.92 Å². The second-order valence-electron chi connectivity index (χ2n) is 2.05. The Morgan fingerprint density at radius 1 is 1.92 bits per heavy atom. The number of anilines is 2. The van der Waals surface area contributed by atoms with Crippen LogP contribution in [0.1, 0.15) is 6.92 Å². The molecule has 1 aromatic heterocycles. The molecule has 6 nitrogen and oxygen atoms in total. The fraction of sp³-hybridized carbons (Fsp3) is 0.333. The number of H-pyrrole nitrogens is 1. The summed E-state index contributed by atoms with van der Waals surface area (Å²) < 4.78 is 4.62. The summed E-state index contributed by atoms with van der Waals surface area (Å²) in [4.78, 5) is 10.8. The molecule has 0 aromatic carbocycles. The molecule has 1 rings (SSSR count). The van der Waals surface area contributed by atoms with Gasteiger partial charge < -0.3 is 10.5 Å². The van der Waals surface area contributed by atoms with Gasteiger partial charge in [0.05, 0.1) is 18.5 Å². The van der Waals surface area contributed by atoms with Gasteiger partial charge in [-0.05, 0) is 6.92 Å². The lowest BCUT2D eigenvalue weighted by atomic mass is 10.5. The Hall–Kier alpha value is -1.72. The van der Waals surface area contributed by atoms with Crippen LogP contribution in [-0.4, -0.2) is 22.9 Å². The second kappa shape index (κ2) is 3.61. The van der Waals surface area contributed by atoms with Crippen molar-refractivity contribution in [2.24, 2.45) is 0 Å². The van der Waals surface area contributed by atoms with Gasteiger partial charge in [0, 0.05) is 0 Å². The molecule has 0 spiro atoms. The number of carbonyl (C=O) groups is 1. The minimum Gasteiger partial charge on any atom is -0.450 e. The minimum atomic E-state index is -0.548. The quantitative estimate of drug-likeness (QED) is 0.604. The number of nitrogens with two attached hydrogens (primary N) is 1. The smallest absolute Gasteiger partial charge is 0.412 e. The van der Waals surface area contributed by atoms with Gasteiger partial charge in [0.2, 0.25) is 0 Å². The second-order valence-corrected chi connectivity index (χ2v) is 2.05. The maximum absolute atomic E-state index is 10.8. The predicted octanol–water partition coefficient (Wildman–Crippen LogP) is 0.560. The molecule has 0 aliphatic carbocycles. The first kappa shape index (κ1) is 8.38. The van der Waals surface area contributed by atoms with Gasteiger partial charge in [0.15, 0.2) is 5.82 Å². The molecule has 0 unspecified atom stereocenters. The van der Waals surface area contributed by atoms with E-state index in [4.69, 9.17) is 5.73 Å². The highest BCUT2D eigenvalue weighted by Gasteiger charge is 2.05. The highest BCUT2D eigenvalue weighted by Crippen LogP contribution is 2.11. The van der Waals surface area contributed by atoms with Crippen molar-refractivity contribution in [1.82, 2.24) is 10.2 Å². The van der Waals surface area contributed by atoms with Crippen molar-refractivity contribution < 1.29 is 9.53 Å². The number of rotatable bonds is 2. The fourth-order valence-electron chi connectivity index (χ4n) is 0.665. The van der Waals surface area contributed by atoms with Crippen LogP contribution in [0.25, 0.3) is 0 Å². The van der Waals surface area contributed by atoms with E-state index < -0.39 is 6.09 Å². The summed E-state index contributed by atoms with van der Waals surface area (Å²) in [6.07, 6.45) is 0.857. The molecule has 0 saturated carbocycles. The van der Waals surface area contributed by atoms with Crippen molar-refractivity contribution >= 4 is 17.6 Å². The molecule has 0 radical (unpaired) electrons. The number of hydrogen-bond acceptors (Lipinski definition) is 4. The van der Waals surface area contributed by atoms with Gasteiger partial charge in [0.25, 0.3) is 0 Å². The molecule has 6 heteroatoms. The zero-order valence-electron chi connectivity index (χ0n) is 6.63. The number of aromatic amines is 1. The molecule has 0 aliphatic rings. The Balaban J connectivity index is 2.52. The summed E-state index contributed by atoms with van der Waals surface area (Å²) in [6, 6.07) is 0. The van der Waals surface area contributed by atoms with E-state index in [0.717, 1.165) is 0 Å². The minimum absolute atomic E-state index is 0.319. The Morgan fingerprint density at radius 3 is 3.17 bits per heavy atom. The van der Waals surface area contributed by atoms with Gasteiger partial charge >= 0.3 is 6.09 Å². The Morgan fingerprint density at radius 2 is 2.67 bits per heavy atom. The Bertz CT molecular complexity index is 270. The van der Waals surface area contributed by atoms with Crippen molar-refractivity contribution in [1.29, 1.82) is 0 Å². The van der Waals surface area contributed by atoms with Crippen molar-refractivity contribution in [3.05, 3.63) is 6.20 Å². The first-order valence-electron chi connectivity index (χ1n) is 3.46. The maximum atomic E-state index is 10.8. The van der Waals surface area contributed by atoms with Gasteiger partial charge in [-0.15, -0.1) is 0 Å². The van der Waals surface area contributed by atoms with E-state index in [2.05, 4.69) is 20.3 Å². The van der Waals surface area contributed by atoms with E-state index in [9.17, 15) is 4.79 Å². The number of carbonyl (C=O) groups excluding carboxylic acids is 1. The van der Waals surface area contributed by atoms with Crippen molar-refractivity contribution in [3.63, 3.8) is 0 Å². The number of nitrogen functional groups attached to an aromatic ring is 1. The first-order chi connectivity index (χ1) is 5.74. The van der Waals surface area contributed by atoms with Gasteiger partial charge in [-0.25, -0.2) is 4.79 Å². The molecule has 0 atom stereocenters. The maximum Gasteiger partial charge on any atom is 0.412 e. The van der Waals surface area contributed by atoms with E-state index in [0.29, 0.717) is 18.1 Å². The molecule has 1 amide bonds. The topological polar surface area (TPSA) is 93.0 Å². The standard InChI is InChI=1S/C6H10N4O2/c1-2-12-6(11)9-5-4(7)3-8-10-5/h3H,2,7H2,1H3,(H2,8,9,10,11). The zero-order valence-corrected chi connectivity index (χ0v) is 6.63. The van der Waals surface area contributed by atoms with Crippen LogP contribution in [0.3, 0.4) is 0 Å². The molecule has 1 heterocycles. The lowest BCUT2D eigenvalue weighted by Gasteiger charge is -2.02. The molecule has 66 valence electrons. The lowest BCUT2D eigenvalue weighted by Crippen LogP contribution is -2.14. The van der Waals surface area contributed by atoms with Crippen LogP contribution in [-0.2, 0) is 4.74 Å². The van der Waals surface area contributed by atoms with Gasteiger partial charge in [-0.1, -0.05) is 0 Å². The summed E-state index contributed by atoms with van der Waals surface area (Å²) in [5.41, 5.74) is 5.80. The highest BCUT2D eigenvalue weighted by molar-refractivity contribution is 5.86. The van der Waals surface area contributed by atoms with Gasteiger partial charge in [-0.2, -0.15) is 5.10 Å². The molecular weight excluding hydrogens is 160 g/mol. The summed E-state index contributed by atoms with van der Waals surface area (Å²) in [6.45, 7) is 2.04. The number of hydrogen-bond donors (Lipinski definition) is 3. The summed E-state index contributed by atoms with van der Waals surface area (Å²) in [5, 5.41) is 8.51. The number of amides is 1. The Kier molecular flexibility index (Phi) is 2.52. The monoisotopic (exact) mass is 170 g/mol. The van der Waals surface area contributed by atoms with Crippen molar-refractivity contribution in [2.75, 3.05) is 17.7 Å². The average Bonchev–Trinajstić information content (AvgIpc) is 2.37. The van der Waals surface area contributed by atoms with Crippen LogP contribution in [0.15, 0.2) is 6.20 Å². The molecule has 0 aliphatic heterocycles. The van der Waals surface area contributed by atoms with E-state index in [1.807, 2.05) is 0 Å². The van der Waals surface area contributed by atoms with Crippen molar-refractivity contribution in [3.8, 4) is 0 Å².